The van der Waals surface area contributed by atoms with Crippen molar-refractivity contribution in [3.63, 3.8) is 0 Å². The lowest BCUT2D eigenvalue weighted by Crippen LogP contribution is -2.42. The van der Waals surface area contributed by atoms with Gasteiger partial charge in [-0.3, -0.25) is 0 Å². The first kappa shape index (κ1) is 25.2. The van der Waals surface area contributed by atoms with Gasteiger partial charge in [-0.2, -0.15) is 0 Å². The van der Waals surface area contributed by atoms with Crippen molar-refractivity contribution in [1.82, 2.24) is 20.9 Å². The van der Waals surface area contributed by atoms with Gasteiger partial charge in [0.15, 0.2) is 5.96 Å². The fraction of sp³-hybridized carbons (Fsp3) is 0.611. The van der Waals surface area contributed by atoms with Gasteiger partial charge in [0.1, 0.15) is 5.60 Å². The van der Waals surface area contributed by atoms with E-state index in [4.69, 9.17) is 9.47 Å². The Hall–Kier alpha value is -1.78. The lowest BCUT2D eigenvalue weighted by atomic mass is 10.2. The third kappa shape index (κ3) is 11.5. The van der Waals surface area contributed by atoms with Crippen LogP contribution in [0.5, 0.6) is 5.88 Å². The maximum Gasteiger partial charge on any atom is 0.407 e. The largest absolute Gasteiger partial charge is 0.478 e. The van der Waals surface area contributed by atoms with Gasteiger partial charge in [-0.15, -0.1) is 24.0 Å². The van der Waals surface area contributed by atoms with Crippen molar-refractivity contribution in [1.29, 1.82) is 0 Å². The predicted octanol–water partition coefficient (Wildman–Crippen LogP) is 2.68. The maximum absolute atomic E-state index is 11.6. The number of hydrogen-bond acceptors (Lipinski definition) is 5. The summed E-state index contributed by atoms with van der Waals surface area (Å²) in [5.41, 5.74) is 0.411. The van der Waals surface area contributed by atoms with Crippen LogP contribution in [0.1, 0.15) is 40.2 Å². The quantitative estimate of drug-likeness (QED) is 0.223. The fourth-order valence-corrected chi connectivity index (χ4v) is 1.98. The molecule has 0 bridgehead atoms. The van der Waals surface area contributed by atoms with Crippen LogP contribution in [0.4, 0.5) is 4.79 Å². The molecule has 1 rings (SSSR count). The number of carbonyl (C=O) groups is 1. The molecule has 0 spiro atoms. The van der Waals surface area contributed by atoms with Gasteiger partial charge in [0.2, 0.25) is 5.88 Å². The van der Waals surface area contributed by atoms with Gasteiger partial charge in [-0.1, -0.05) is 6.07 Å². The van der Waals surface area contributed by atoms with Crippen LogP contribution in [0.15, 0.2) is 23.3 Å². The van der Waals surface area contributed by atoms with Gasteiger partial charge in [-0.05, 0) is 40.7 Å². The molecule has 0 radical (unpaired) electrons. The van der Waals surface area contributed by atoms with E-state index in [9.17, 15) is 4.79 Å². The first-order valence-electron chi connectivity index (χ1n) is 8.91. The highest BCUT2D eigenvalue weighted by atomic mass is 127. The zero-order valence-corrected chi connectivity index (χ0v) is 19.1. The second kappa shape index (κ2) is 13.4. The molecule has 0 unspecified atom stereocenters. The first-order chi connectivity index (χ1) is 12.4. The van der Waals surface area contributed by atoms with Gasteiger partial charge in [0.05, 0.1) is 13.2 Å². The molecule has 0 saturated carbocycles. The van der Waals surface area contributed by atoms with Crippen molar-refractivity contribution in [2.75, 3.05) is 26.2 Å². The zero-order valence-electron chi connectivity index (χ0n) is 16.8. The third-order valence-electron chi connectivity index (χ3n) is 2.97. The Labute approximate surface area is 178 Å². The molecule has 0 aliphatic carbocycles. The molecule has 0 aromatic carbocycles. The second-order valence-corrected chi connectivity index (χ2v) is 6.45. The summed E-state index contributed by atoms with van der Waals surface area (Å²) in [5, 5.41) is 9.03. The summed E-state index contributed by atoms with van der Waals surface area (Å²) in [6.07, 6.45) is 1.27. The summed E-state index contributed by atoms with van der Waals surface area (Å²) in [6.45, 7) is 12.1. The van der Waals surface area contributed by atoms with Crippen molar-refractivity contribution < 1.29 is 14.3 Å². The monoisotopic (exact) mass is 493 g/mol. The van der Waals surface area contributed by atoms with E-state index in [0.717, 1.165) is 12.1 Å². The lowest BCUT2D eigenvalue weighted by Gasteiger charge is -2.20. The van der Waals surface area contributed by atoms with Gasteiger partial charge in [0, 0.05) is 31.4 Å². The van der Waals surface area contributed by atoms with E-state index >= 15 is 0 Å². The molecule has 0 atom stereocenters. The molecule has 27 heavy (non-hydrogen) atoms. The Kier molecular flexibility index (Phi) is 12.5. The lowest BCUT2D eigenvalue weighted by molar-refractivity contribution is 0.0529. The Morgan fingerprint density at radius 3 is 2.52 bits per heavy atom. The molecule has 1 aromatic heterocycles. The first-order valence-corrected chi connectivity index (χ1v) is 8.91. The number of amides is 1. The van der Waals surface area contributed by atoms with E-state index in [1.54, 1.807) is 6.20 Å². The highest BCUT2D eigenvalue weighted by Gasteiger charge is 2.15. The number of aromatic nitrogens is 1. The number of halogens is 1. The molecule has 1 heterocycles. The van der Waals surface area contributed by atoms with Gasteiger partial charge in [-0.25, -0.2) is 14.8 Å². The van der Waals surface area contributed by atoms with E-state index < -0.39 is 11.7 Å². The van der Waals surface area contributed by atoms with Gasteiger partial charge < -0.3 is 25.4 Å². The molecular formula is C18H32IN5O3. The summed E-state index contributed by atoms with van der Waals surface area (Å²) in [5.74, 6) is 1.26. The van der Waals surface area contributed by atoms with Crippen molar-refractivity contribution in [2.45, 2.75) is 46.8 Å². The number of rotatable bonds is 8. The van der Waals surface area contributed by atoms with Gasteiger partial charge in [0.25, 0.3) is 0 Å². The van der Waals surface area contributed by atoms with Crippen molar-refractivity contribution in [2.24, 2.45) is 4.99 Å². The van der Waals surface area contributed by atoms with E-state index in [2.05, 4.69) is 25.9 Å². The van der Waals surface area contributed by atoms with Crippen LogP contribution >= 0.6 is 24.0 Å². The van der Waals surface area contributed by atoms with E-state index in [0.29, 0.717) is 38.1 Å². The maximum atomic E-state index is 11.6. The number of pyridine rings is 1. The number of nitrogens with zero attached hydrogens (tertiary/aromatic N) is 2. The molecule has 154 valence electrons. The van der Waals surface area contributed by atoms with E-state index in [-0.39, 0.29) is 24.0 Å². The molecule has 0 saturated heterocycles. The molecule has 0 fully saturated rings. The average molecular weight is 493 g/mol. The van der Waals surface area contributed by atoms with E-state index in [1.807, 2.05) is 46.8 Å². The molecule has 0 aliphatic heterocycles. The van der Waals surface area contributed by atoms with Crippen LogP contribution in [-0.4, -0.2) is 48.9 Å². The summed E-state index contributed by atoms with van der Waals surface area (Å²) < 4.78 is 10.7. The second-order valence-electron chi connectivity index (χ2n) is 6.45. The van der Waals surface area contributed by atoms with E-state index in [1.165, 1.54) is 0 Å². The minimum atomic E-state index is -0.504. The SMILES string of the molecule is CCNC(=NCc1cccnc1OCC)NCCNC(=O)OC(C)(C)C.I. The Balaban J connectivity index is 0.00000676. The van der Waals surface area contributed by atoms with Crippen LogP contribution in [0.25, 0.3) is 0 Å². The van der Waals surface area contributed by atoms with Crippen LogP contribution in [0.3, 0.4) is 0 Å². The van der Waals surface area contributed by atoms with Crippen molar-refractivity contribution in [3.8, 4) is 5.88 Å². The summed E-state index contributed by atoms with van der Waals surface area (Å²) in [7, 11) is 0. The topological polar surface area (TPSA) is 96.9 Å². The average Bonchev–Trinajstić information content (AvgIpc) is 2.56. The standard InChI is InChI=1S/C18H31N5O3.HI/c1-6-19-16(21-11-12-22-17(24)26-18(3,4)5)23-13-14-9-8-10-20-15(14)25-7-2;/h8-10H,6-7,11-13H2,1-5H3,(H,22,24)(H2,19,21,23);1H. The number of nitrogens with one attached hydrogen (secondary N) is 3. The van der Waals surface area contributed by atoms with Gasteiger partial charge >= 0.3 is 6.09 Å². The normalized spacial score (nSPS) is 11.2. The number of hydrogen-bond donors (Lipinski definition) is 3. The van der Waals surface area contributed by atoms with Crippen LogP contribution in [0.2, 0.25) is 0 Å². The van der Waals surface area contributed by atoms with Crippen molar-refractivity contribution in [3.05, 3.63) is 23.9 Å². The number of alkyl carbamates (subject to hydrolysis) is 1. The number of ether oxygens (including phenoxy) is 2. The fourth-order valence-electron chi connectivity index (χ4n) is 1.98. The van der Waals surface area contributed by atoms with Crippen molar-refractivity contribution >= 4 is 36.0 Å². The Bertz CT molecular complexity index is 591. The minimum Gasteiger partial charge on any atom is -0.478 e. The van der Waals surface area contributed by atoms with Crippen LogP contribution < -0.4 is 20.7 Å². The molecule has 8 nitrogen and oxygen atoms in total. The minimum absolute atomic E-state index is 0. The smallest absolute Gasteiger partial charge is 0.407 e. The number of carbonyl (C=O) groups excluding carboxylic acids is 1. The molecular weight excluding hydrogens is 461 g/mol. The Morgan fingerprint density at radius 2 is 1.89 bits per heavy atom. The summed E-state index contributed by atoms with van der Waals surface area (Å²) in [6, 6.07) is 3.80. The summed E-state index contributed by atoms with van der Waals surface area (Å²) >= 11 is 0. The zero-order chi connectivity index (χ0) is 19.4. The molecule has 9 heteroatoms. The number of guanidine groups is 1. The Morgan fingerprint density at radius 1 is 1.19 bits per heavy atom. The molecule has 3 N–H and O–H groups in total. The third-order valence-corrected chi connectivity index (χ3v) is 2.97. The molecule has 1 amide bonds. The molecule has 1 aromatic rings. The summed E-state index contributed by atoms with van der Waals surface area (Å²) in [4.78, 5) is 20.4. The highest BCUT2D eigenvalue weighted by Crippen LogP contribution is 2.15. The molecule has 0 aliphatic rings. The highest BCUT2D eigenvalue weighted by molar-refractivity contribution is 14.0. The predicted molar refractivity (Wildman–Crippen MR) is 118 cm³/mol. The number of aliphatic imine (C=N–C) groups is 1. The van der Waals surface area contributed by atoms with Crippen LogP contribution in [-0.2, 0) is 11.3 Å². The van der Waals surface area contributed by atoms with Crippen LogP contribution in [0, 0.1) is 0 Å².